The molecule has 0 aromatic heterocycles. The smallest absolute Gasteiger partial charge is 0.411 e. The van der Waals surface area contributed by atoms with Gasteiger partial charge in [0, 0.05) is 6.04 Å². The molecule has 0 spiro atoms. The zero-order chi connectivity index (χ0) is 12.1. The highest BCUT2D eigenvalue weighted by Gasteiger charge is 2.57. The molecule has 0 aromatic rings. The number of carboxylic acid groups (broad SMARTS) is 1. The number of amides is 1. The molecule has 0 aromatic carbocycles. The standard InChI is InChI=1S/C11H17NO4/c1-11(2,3)16-10(15)12-7-4-6(7)5-8(12)9(13)14/h6-8H,4-5H2,1-3H3,(H,13,14)/t6-,7+,8-/m0/s1. The van der Waals surface area contributed by atoms with Gasteiger partial charge in [0.15, 0.2) is 0 Å². The lowest BCUT2D eigenvalue weighted by Gasteiger charge is -2.28. The molecule has 1 heterocycles. The monoisotopic (exact) mass is 227 g/mol. The number of piperidine rings is 1. The molecular weight excluding hydrogens is 210 g/mol. The first-order chi connectivity index (χ1) is 7.29. The van der Waals surface area contributed by atoms with Crippen molar-refractivity contribution in [1.82, 2.24) is 4.90 Å². The van der Waals surface area contributed by atoms with Gasteiger partial charge < -0.3 is 9.84 Å². The second-order valence-corrected chi connectivity index (χ2v) is 5.54. The van der Waals surface area contributed by atoms with E-state index in [1.54, 1.807) is 20.8 Å². The highest BCUT2D eigenvalue weighted by Crippen LogP contribution is 2.48. The number of hydrogen-bond acceptors (Lipinski definition) is 3. The van der Waals surface area contributed by atoms with Gasteiger partial charge in [-0.15, -0.1) is 0 Å². The van der Waals surface area contributed by atoms with Gasteiger partial charge >= 0.3 is 12.1 Å². The van der Waals surface area contributed by atoms with Crippen molar-refractivity contribution >= 4 is 12.1 Å². The molecular formula is C11H17NO4. The number of carbonyl (C=O) groups excluding carboxylic acids is 1. The van der Waals surface area contributed by atoms with Crippen LogP contribution < -0.4 is 0 Å². The van der Waals surface area contributed by atoms with E-state index in [4.69, 9.17) is 9.84 Å². The van der Waals surface area contributed by atoms with E-state index in [9.17, 15) is 9.59 Å². The molecule has 1 amide bonds. The summed E-state index contributed by atoms with van der Waals surface area (Å²) in [6.45, 7) is 5.34. The molecule has 1 saturated heterocycles. The van der Waals surface area contributed by atoms with Crippen molar-refractivity contribution in [2.45, 2.75) is 51.3 Å². The van der Waals surface area contributed by atoms with E-state index < -0.39 is 23.7 Å². The molecule has 3 atom stereocenters. The summed E-state index contributed by atoms with van der Waals surface area (Å²) in [6, 6.07) is -0.602. The minimum Gasteiger partial charge on any atom is -0.480 e. The predicted octanol–water partition coefficient (Wildman–Crippen LogP) is 1.47. The van der Waals surface area contributed by atoms with Crippen LogP contribution in [0.25, 0.3) is 0 Å². The topological polar surface area (TPSA) is 66.8 Å². The van der Waals surface area contributed by atoms with Gasteiger partial charge in [0.05, 0.1) is 0 Å². The van der Waals surface area contributed by atoms with Crippen LogP contribution in [0.2, 0.25) is 0 Å². The maximum absolute atomic E-state index is 11.9. The second-order valence-electron chi connectivity index (χ2n) is 5.54. The summed E-state index contributed by atoms with van der Waals surface area (Å²) in [7, 11) is 0. The lowest BCUT2D eigenvalue weighted by atomic mass is 10.2. The first kappa shape index (κ1) is 11.2. The van der Waals surface area contributed by atoms with Crippen LogP contribution >= 0.6 is 0 Å². The van der Waals surface area contributed by atoms with Crippen LogP contribution in [0.15, 0.2) is 0 Å². The third-order valence-corrected chi connectivity index (χ3v) is 2.99. The van der Waals surface area contributed by atoms with Gasteiger partial charge in [-0.25, -0.2) is 9.59 Å². The van der Waals surface area contributed by atoms with Crippen molar-refractivity contribution in [3.8, 4) is 0 Å². The minimum absolute atomic E-state index is 0.0935. The molecule has 2 rings (SSSR count). The lowest BCUT2D eigenvalue weighted by Crippen LogP contribution is -2.45. The van der Waals surface area contributed by atoms with Crippen molar-refractivity contribution in [3.63, 3.8) is 0 Å². The van der Waals surface area contributed by atoms with E-state index in [0.29, 0.717) is 12.3 Å². The molecule has 16 heavy (non-hydrogen) atoms. The molecule has 2 fully saturated rings. The van der Waals surface area contributed by atoms with Crippen LogP contribution in [-0.4, -0.2) is 39.8 Å². The first-order valence-corrected chi connectivity index (χ1v) is 5.54. The quantitative estimate of drug-likeness (QED) is 0.736. The molecule has 0 unspecified atom stereocenters. The number of likely N-dealkylation sites (tertiary alicyclic amines) is 1. The fourth-order valence-electron chi connectivity index (χ4n) is 2.25. The van der Waals surface area contributed by atoms with Crippen LogP contribution in [0.4, 0.5) is 4.79 Å². The predicted molar refractivity (Wildman–Crippen MR) is 56.0 cm³/mol. The molecule has 0 radical (unpaired) electrons. The number of carboxylic acids is 1. The van der Waals surface area contributed by atoms with Crippen LogP contribution in [-0.2, 0) is 9.53 Å². The van der Waals surface area contributed by atoms with Crippen LogP contribution in [0, 0.1) is 5.92 Å². The molecule has 1 N–H and O–H groups in total. The summed E-state index contributed by atoms with van der Waals surface area (Å²) >= 11 is 0. The van der Waals surface area contributed by atoms with Crippen molar-refractivity contribution in [1.29, 1.82) is 0 Å². The zero-order valence-corrected chi connectivity index (χ0v) is 9.77. The average Bonchev–Trinajstić information content (AvgIpc) is 2.73. The third-order valence-electron chi connectivity index (χ3n) is 2.99. The van der Waals surface area contributed by atoms with E-state index in [0.717, 1.165) is 6.42 Å². The summed E-state index contributed by atoms with van der Waals surface area (Å²) in [6.07, 6.45) is 0.993. The Morgan fingerprint density at radius 3 is 2.44 bits per heavy atom. The molecule has 1 saturated carbocycles. The highest BCUT2D eigenvalue weighted by molar-refractivity contribution is 5.82. The Labute approximate surface area is 94.4 Å². The van der Waals surface area contributed by atoms with Gasteiger partial charge in [-0.1, -0.05) is 0 Å². The highest BCUT2D eigenvalue weighted by atomic mass is 16.6. The van der Waals surface area contributed by atoms with Gasteiger partial charge in [-0.05, 0) is 39.5 Å². The number of rotatable bonds is 1. The van der Waals surface area contributed by atoms with E-state index in [-0.39, 0.29) is 6.04 Å². The SMILES string of the molecule is CC(C)(C)OC(=O)N1[C@@H]2C[C@H]2C[C@H]1C(=O)O. The lowest BCUT2D eigenvalue weighted by molar-refractivity contribution is -0.142. The average molecular weight is 227 g/mol. The molecule has 90 valence electrons. The van der Waals surface area contributed by atoms with Crippen LogP contribution in [0.3, 0.4) is 0 Å². The summed E-state index contributed by atoms with van der Waals surface area (Å²) in [5, 5.41) is 9.02. The van der Waals surface area contributed by atoms with Crippen molar-refractivity contribution in [2.24, 2.45) is 5.92 Å². The Morgan fingerprint density at radius 2 is 1.94 bits per heavy atom. The molecule has 1 aliphatic heterocycles. The minimum atomic E-state index is -0.932. The van der Waals surface area contributed by atoms with E-state index in [1.165, 1.54) is 4.90 Å². The van der Waals surface area contributed by atoms with E-state index in [2.05, 4.69) is 0 Å². The molecule has 1 aliphatic carbocycles. The summed E-state index contributed by atoms with van der Waals surface area (Å²) in [5.74, 6) is -0.563. The molecule has 0 bridgehead atoms. The van der Waals surface area contributed by atoms with Crippen LogP contribution in [0.5, 0.6) is 0 Å². The Kier molecular flexibility index (Phi) is 2.36. The molecule has 5 heteroatoms. The van der Waals surface area contributed by atoms with Gasteiger partial charge in [0.1, 0.15) is 11.6 Å². The normalized spacial score (nSPS) is 32.2. The van der Waals surface area contributed by atoms with Gasteiger partial charge in [0.2, 0.25) is 0 Å². The fourth-order valence-corrected chi connectivity index (χ4v) is 2.25. The molecule has 2 aliphatic rings. The molecule has 5 nitrogen and oxygen atoms in total. The summed E-state index contributed by atoms with van der Waals surface area (Å²) in [5.41, 5.74) is -0.576. The van der Waals surface area contributed by atoms with Crippen LogP contribution in [0.1, 0.15) is 33.6 Å². The van der Waals surface area contributed by atoms with Gasteiger partial charge in [-0.2, -0.15) is 0 Å². The number of hydrogen-bond donors (Lipinski definition) is 1. The summed E-state index contributed by atoms with van der Waals surface area (Å²) < 4.78 is 5.22. The van der Waals surface area contributed by atoms with E-state index in [1.807, 2.05) is 0 Å². The zero-order valence-electron chi connectivity index (χ0n) is 9.77. The Bertz CT molecular complexity index is 333. The van der Waals surface area contributed by atoms with Crippen molar-refractivity contribution in [2.75, 3.05) is 0 Å². The maximum atomic E-state index is 11.9. The number of ether oxygens (including phenoxy) is 1. The Morgan fingerprint density at radius 1 is 1.31 bits per heavy atom. The number of aliphatic carboxylic acids is 1. The third kappa shape index (κ3) is 1.99. The second kappa shape index (κ2) is 3.37. The van der Waals surface area contributed by atoms with Crippen molar-refractivity contribution < 1.29 is 19.4 Å². The Balaban J connectivity index is 2.07. The van der Waals surface area contributed by atoms with Gasteiger partial charge in [-0.3, -0.25) is 4.90 Å². The summed E-state index contributed by atoms with van der Waals surface area (Å²) in [4.78, 5) is 24.3. The Hall–Kier alpha value is -1.26. The largest absolute Gasteiger partial charge is 0.480 e. The number of fused-ring (bicyclic) bond motifs is 1. The van der Waals surface area contributed by atoms with Crippen molar-refractivity contribution in [3.05, 3.63) is 0 Å². The maximum Gasteiger partial charge on any atom is 0.411 e. The fraction of sp³-hybridized carbons (Fsp3) is 0.818. The van der Waals surface area contributed by atoms with E-state index >= 15 is 0 Å². The first-order valence-electron chi connectivity index (χ1n) is 5.54. The van der Waals surface area contributed by atoms with Gasteiger partial charge in [0.25, 0.3) is 0 Å². The number of carbonyl (C=O) groups is 2. The number of nitrogens with zero attached hydrogens (tertiary/aromatic N) is 1.